The van der Waals surface area contributed by atoms with E-state index in [1.165, 1.54) is 0 Å². The lowest BCUT2D eigenvalue weighted by Gasteiger charge is -2.24. The van der Waals surface area contributed by atoms with Crippen LogP contribution in [-0.4, -0.2) is 82.3 Å². The van der Waals surface area contributed by atoms with Gasteiger partial charge in [-0.05, 0) is 0 Å². The first-order valence-corrected chi connectivity index (χ1v) is 10.3. The molecule has 0 aromatic carbocycles. The van der Waals surface area contributed by atoms with Gasteiger partial charge in [0, 0.05) is 0 Å². The Kier molecular flexibility index (Phi) is 7.19. The van der Waals surface area contributed by atoms with Gasteiger partial charge in [0.2, 0.25) is 11.9 Å². The molecular formula is C9H15N5O11P2. The Balaban J connectivity index is 3.41. The van der Waals surface area contributed by atoms with Gasteiger partial charge in [0.25, 0.3) is 0 Å². The summed E-state index contributed by atoms with van der Waals surface area (Å²) in [6.07, 6.45) is -2.34. The van der Waals surface area contributed by atoms with E-state index in [0.717, 1.165) is 0 Å². The summed E-state index contributed by atoms with van der Waals surface area (Å²) in [7, 11) is -9.62. The molecule has 0 amide bonds. The molecule has 0 bridgehead atoms. The van der Waals surface area contributed by atoms with Crippen LogP contribution in [0.5, 0.6) is 0 Å². The maximum absolute atomic E-state index is 11.7. The number of hydrogen-bond donors (Lipinski definition) is 7. The first-order chi connectivity index (χ1) is 12.2. The molecule has 0 aliphatic carbocycles. The quantitative estimate of drug-likeness (QED) is 0.185. The molecule has 0 radical (unpaired) electrons. The average Bonchev–Trinajstić information content (AvgIpc) is 2.41. The zero-order valence-corrected chi connectivity index (χ0v) is 15.0. The number of H-pyrrole nitrogens is 1. The Morgan fingerprint density at radius 1 is 0.889 bits per heavy atom. The third-order valence-electron chi connectivity index (χ3n) is 2.57. The van der Waals surface area contributed by atoms with Crippen molar-refractivity contribution in [1.82, 2.24) is 15.0 Å². The summed E-state index contributed by atoms with van der Waals surface area (Å²) in [5, 5.41) is 17.7. The Bertz CT molecular complexity index is 795. The van der Waals surface area contributed by atoms with Crippen molar-refractivity contribution in [3.63, 3.8) is 0 Å². The topological polar surface area (TPSA) is 255 Å². The number of rotatable bonds is 10. The number of hydrogen-bond acceptors (Lipinski definition) is 9. The van der Waals surface area contributed by atoms with E-state index in [4.69, 9.17) is 29.8 Å². The second-order valence-electron chi connectivity index (χ2n) is 5.07. The molecule has 0 saturated carbocycles. The van der Waals surface area contributed by atoms with Gasteiger partial charge in [0.1, 0.15) is 25.7 Å². The highest BCUT2D eigenvalue weighted by molar-refractivity contribution is 7.52. The Labute approximate surface area is 149 Å². The molecule has 0 aliphatic heterocycles. The molecule has 27 heavy (non-hydrogen) atoms. The molecule has 0 unspecified atom stereocenters. The highest BCUT2D eigenvalue weighted by Gasteiger charge is 2.27. The van der Waals surface area contributed by atoms with E-state index in [-0.39, 0.29) is 0 Å². The minimum atomic E-state index is -4.82. The molecule has 0 fully saturated rings. The Morgan fingerprint density at radius 3 is 1.78 bits per heavy atom. The fourth-order valence-corrected chi connectivity index (χ4v) is 3.15. The summed E-state index contributed by atoms with van der Waals surface area (Å²) in [5.74, 6) is -4.58. The molecule has 1 heterocycles. The van der Waals surface area contributed by atoms with Crippen molar-refractivity contribution < 1.29 is 48.5 Å². The number of aromatic nitrogens is 3. The van der Waals surface area contributed by atoms with Crippen LogP contribution in [-0.2, 0) is 18.7 Å². The van der Waals surface area contributed by atoms with Gasteiger partial charge in [-0.1, -0.05) is 0 Å². The monoisotopic (exact) mass is 431 g/mol. The normalized spacial score (nSPS) is 11.9. The van der Waals surface area contributed by atoms with Gasteiger partial charge >= 0.3 is 32.8 Å². The highest BCUT2D eigenvalue weighted by atomic mass is 31.2. The summed E-state index contributed by atoms with van der Waals surface area (Å²) in [6, 6.07) is 0. The molecule has 0 saturated heterocycles. The zero-order valence-electron chi connectivity index (χ0n) is 13.2. The standard InChI is InChI=1S/C9H15N5O11P2/c15-5(16)1-13(3-26(20,21)22)7-10-8(12-9(19)11-7)14(2-6(17)18)4-27(23,24)25/h1-4H2,(H,15,16)(H,17,18)(H2,20,21,22)(H2,23,24,25)(H,10,11,12,19). The van der Waals surface area contributed by atoms with Crippen LogP contribution >= 0.6 is 15.2 Å². The van der Waals surface area contributed by atoms with Crippen molar-refractivity contribution >= 4 is 39.0 Å². The van der Waals surface area contributed by atoms with Crippen LogP contribution in [0.15, 0.2) is 4.79 Å². The second kappa shape index (κ2) is 8.56. The minimum absolute atomic E-state index is 0.443. The highest BCUT2D eigenvalue weighted by Crippen LogP contribution is 2.37. The summed E-state index contributed by atoms with van der Waals surface area (Å²) in [6.45, 7) is -2.03. The molecule has 18 heteroatoms. The van der Waals surface area contributed by atoms with E-state index < -0.39 is 70.4 Å². The van der Waals surface area contributed by atoms with E-state index in [1.807, 2.05) is 4.98 Å². The van der Waals surface area contributed by atoms with Crippen LogP contribution in [0.3, 0.4) is 0 Å². The molecular weight excluding hydrogens is 416 g/mol. The largest absolute Gasteiger partial charge is 0.480 e. The van der Waals surface area contributed by atoms with Crippen LogP contribution in [0.1, 0.15) is 0 Å². The van der Waals surface area contributed by atoms with Crippen molar-refractivity contribution in [2.24, 2.45) is 0 Å². The minimum Gasteiger partial charge on any atom is -0.480 e. The van der Waals surface area contributed by atoms with E-state index in [1.54, 1.807) is 0 Å². The smallest absolute Gasteiger partial charge is 0.351 e. The predicted molar refractivity (Wildman–Crippen MR) is 86.4 cm³/mol. The molecule has 1 aromatic heterocycles. The van der Waals surface area contributed by atoms with Gasteiger partial charge < -0.3 is 39.6 Å². The van der Waals surface area contributed by atoms with Gasteiger partial charge in [-0.15, -0.1) is 0 Å². The fourth-order valence-electron chi connectivity index (χ4n) is 1.80. The molecule has 152 valence electrons. The average molecular weight is 431 g/mol. The lowest BCUT2D eigenvalue weighted by molar-refractivity contribution is -0.136. The third kappa shape index (κ3) is 8.72. The molecule has 1 aromatic rings. The summed E-state index contributed by atoms with van der Waals surface area (Å²) in [5.41, 5.74) is -1.22. The van der Waals surface area contributed by atoms with Gasteiger partial charge in [-0.2, -0.15) is 9.97 Å². The lowest BCUT2D eigenvalue weighted by atomic mass is 10.5. The summed E-state index contributed by atoms with van der Waals surface area (Å²) in [4.78, 5) is 79.2. The van der Waals surface area contributed by atoms with Crippen LogP contribution in [0, 0.1) is 0 Å². The van der Waals surface area contributed by atoms with Crippen molar-refractivity contribution in [3.05, 3.63) is 10.5 Å². The first kappa shape index (κ1) is 22.7. The lowest BCUT2D eigenvalue weighted by Crippen LogP contribution is -2.37. The number of carboxylic acids is 2. The number of carboxylic acid groups (broad SMARTS) is 2. The molecule has 1 rings (SSSR count). The van der Waals surface area contributed by atoms with Crippen molar-refractivity contribution in [1.29, 1.82) is 0 Å². The van der Waals surface area contributed by atoms with Gasteiger partial charge in [-0.25, -0.2) is 4.79 Å². The molecule has 7 N–H and O–H groups in total. The molecule has 0 atom stereocenters. The molecule has 0 spiro atoms. The first-order valence-electron chi connectivity index (χ1n) is 6.67. The number of aromatic amines is 1. The van der Waals surface area contributed by atoms with Gasteiger partial charge in [-0.3, -0.25) is 23.7 Å². The molecule has 16 nitrogen and oxygen atoms in total. The van der Waals surface area contributed by atoms with E-state index in [0.29, 0.717) is 9.80 Å². The summed E-state index contributed by atoms with van der Waals surface area (Å²) < 4.78 is 22.3. The van der Waals surface area contributed by atoms with Crippen molar-refractivity contribution in [2.75, 3.05) is 35.5 Å². The number of nitrogens with zero attached hydrogens (tertiary/aromatic N) is 4. The third-order valence-corrected chi connectivity index (χ3v) is 3.99. The zero-order chi connectivity index (χ0) is 21.0. The maximum atomic E-state index is 11.7. The van der Waals surface area contributed by atoms with Crippen LogP contribution < -0.4 is 15.5 Å². The van der Waals surface area contributed by atoms with Crippen LogP contribution in [0.4, 0.5) is 11.9 Å². The van der Waals surface area contributed by atoms with Crippen molar-refractivity contribution in [3.8, 4) is 0 Å². The SMILES string of the molecule is O=C(O)CN(CP(=O)(O)O)c1nc(N(CC(=O)O)CP(=O)(O)O)[nH]c(=O)n1. The van der Waals surface area contributed by atoms with E-state index in [9.17, 15) is 23.5 Å². The number of carbonyl (C=O) groups is 2. The number of nitrogens with one attached hydrogen (secondary N) is 1. The second-order valence-corrected chi connectivity index (χ2v) is 8.30. The number of anilines is 2. The predicted octanol–water partition coefficient (Wildman–Crippen LogP) is -2.78. The van der Waals surface area contributed by atoms with Crippen LogP contribution in [0.2, 0.25) is 0 Å². The maximum Gasteiger partial charge on any atom is 0.351 e. The van der Waals surface area contributed by atoms with Crippen molar-refractivity contribution in [2.45, 2.75) is 0 Å². The number of aliphatic carboxylic acids is 2. The fraction of sp³-hybridized carbons (Fsp3) is 0.444. The summed E-state index contributed by atoms with van der Waals surface area (Å²) >= 11 is 0. The van der Waals surface area contributed by atoms with Gasteiger partial charge in [0.15, 0.2) is 0 Å². The molecule has 0 aliphatic rings. The van der Waals surface area contributed by atoms with Crippen LogP contribution in [0.25, 0.3) is 0 Å². The van der Waals surface area contributed by atoms with E-state index >= 15 is 0 Å². The Morgan fingerprint density at radius 2 is 1.33 bits per heavy atom. The van der Waals surface area contributed by atoms with Gasteiger partial charge in [0.05, 0.1) is 0 Å². The Hall–Kier alpha value is -2.35. The van der Waals surface area contributed by atoms with E-state index in [2.05, 4.69) is 9.97 Å².